The van der Waals surface area contributed by atoms with Crippen LogP contribution in [0.25, 0.3) is 0 Å². The van der Waals surface area contributed by atoms with Crippen molar-refractivity contribution in [3.05, 3.63) is 44.7 Å². The number of unbranched alkanes of at least 4 members (excludes halogenated alkanes) is 7. The molecule has 1 aromatic carbocycles. The molecule has 0 aliphatic carbocycles. The van der Waals surface area contributed by atoms with Crippen molar-refractivity contribution in [2.24, 2.45) is 0 Å². The van der Waals surface area contributed by atoms with Gasteiger partial charge in [-0.3, -0.25) is 0 Å². The quantitative estimate of drug-likeness (QED) is 0.260. The van der Waals surface area contributed by atoms with E-state index < -0.39 is 0 Å². The van der Waals surface area contributed by atoms with Gasteiger partial charge in [-0.25, -0.2) is 0 Å². The summed E-state index contributed by atoms with van der Waals surface area (Å²) in [5.74, 6) is 0. The number of halogens is 2. The number of hydrogen-bond acceptors (Lipinski definition) is 2. The van der Waals surface area contributed by atoms with E-state index in [9.17, 15) is 0 Å². The van der Waals surface area contributed by atoms with Crippen LogP contribution in [0.2, 0.25) is 5.02 Å². The first-order chi connectivity index (χ1) is 12.5. The summed E-state index contributed by atoms with van der Waals surface area (Å²) in [6.45, 7) is 9.62. The highest BCUT2D eigenvalue weighted by molar-refractivity contribution is 9.11. The predicted octanol–water partition coefficient (Wildman–Crippen LogP) is 7.45. The molecule has 0 N–H and O–H groups in total. The Morgan fingerprint density at radius 2 is 1.62 bits per heavy atom. The molecule has 0 radical (unpaired) electrons. The number of rotatable bonds is 11. The molecule has 0 saturated carbocycles. The van der Waals surface area contributed by atoms with Gasteiger partial charge in [0, 0.05) is 23.8 Å². The zero-order valence-corrected chi connectivity index (χ0v) is 19.0. The van der Waals surface area contributed by atoms with Crippen molar-refractivity contribution in [2.75, 3.05) is 13.2 Å². The molecule has 0 atom stereocenters. The molecule has 0 bridgehead atoms. The summed E-state index contributed by atoms with van der Waals surface area (Å²) in [7, 11) is 0. The Balaban J connectivity index is 1.75. The minimum atomic E-state index is 0.859. The molecule has 0 amide bonds. The van der Waals surface area contributed by atoms with Gasteiger partial charge in [0.15, 0.2) is 0 Å². The van der Waals surface area contributed by atoms with Crippen molar-refractivity contribution >= 4 is 27.5 Å². The third-order valence-corrected chi connectivity index (χ3v) is 6.90. The third-order valence-electron chi connectivity index (χ3n) is 5.41. The maximum atomic E-state index is 6.28. The van der Waals surface area contributed by atoms with E-state index in [1.54, 1.807) is 0 Å². The van der Waals surface area contributed by atoms with E-state index in [1.165, 1.54) is 72.8 Å². The van der Waals surface area contributed by atoms with Gasteiger partial charge in [-0.15, -0.1) is 0 Å². The molecule has 0 spiro atoms. The molecule has 4 heteroatoms. The van der Waals surface area contributed by atoms with Crippen LogP contribution in [0.5, 0.6) is 0 Å². The summed E-state index contributed by atoms with van der Waals surface area (Å²) in [4.78, 5) is 4.90. The van der Waals surface area contributed by atoms with Gasteiger partial charge in [0.25, 0.3) is 0 Å². The minimum absolute atomic E-state index is 0.859. The van der Waals surface area contributed by atoms with Crippen molar-refractivity contribution in [3.8, 4) is 0 Å². The Morgan fingerprint density at radius 1 is 0.962 bits per heavy atom. The highest BCUT2D eigenvalue weighted by Gasteiger charge is 2.24. The number of benzene rings is 1. The van der Waals surface area contributed by atoms with Crippen LogP contribution in [0.4, 0.5) is 0 Å². The minimum Gasteiger partial charge on any atom is -0.351 e. The molecule has 0 unspecified atom stereocenters. The molecule has 2 rings (SSSR count). The summed E-state index contributed by atoms with van der Waals surface area (Å²) in [6, 6.07) is 6.20. The molecular formula is C22H34BrClN2. The van der Waals surface area contributed by atoms with E-state index in [0.29, 0.717) is 0 Å². The van der Waals surface area contributed by atoms with Crippen LogP contribution in [0.15, 0.2) is 28.5 Å². The zero-order valence-electron chi connectivity index (χ0n) is 16.7. The molecule has 26 heavy (non-hydrogen) atoms. The molecule has 0 aromatic heterocycles. The Labute approximate surface area is 173 Å². The Bertz CT molecular complexity index is 600. The molecule has 1 heterocycles. The second-order valence-electron chi connectivity index (χ2n) is 7.48. The first-order valence-electron chi connectivity index (χ1n) is 10.1. The average Bonchev–Trinajstić information content (AvgIpc) is 2.89. The Kier molecular flexibility index (Phi) is 9.35. The van der Waals surface area contributed by atoms with Crippen LogP contribution >= 0.6 is 27.5 Å². The van der Waals surface area contributed by atoms with Gasteiger partial charge in [0.05, 0.1) is 6.67 Å². The fourth-order valence-electron chi connectivity index (χ4n) is 3.54. The van der Waals surface area contributed by atoms with E-state index in [-0.39, 0.29) is 0 Å². The summed E-state index contributed by atoms with van der Waals surface area (Å²) < 4.78 is 1.25. The summed E-state index contributed by atoms with van der Waals surface area (Å²) in [5.41, 5.74) is 3.83. The molecule has 1 aliphatic rings. The molecule has 0 saturated heterocycles. The van der Waals surface area contributed by atoms with Crippen molar-refractivity contribution in [3.63, 3.8) is 0 Å². The first kappa shape index (κ1) is 21.6. The molecular weight excluding hydrogens is 408 g/mol. The van der Waals surface area contributed by atoms with Crippen LogP contribution in [-0.4, -0.2) is 23.0 Å². The van der Waals surface area contributed by atoms with Gasteiger partial charge >= 0.3 is 0 Å². The zero-order chi connectivity index (χ0) is 18.9. The van der Waals surface area contributed by atoms with Crippen molar-refractivity contribution < 1.29 is 0 Å². The van der Waals surface area contributed by atoms with E-state index in [0.717, 1.165) is 24.8 Å². The third kappa shape index (κ3) is 6.20. The number of allylic oxidation sites excluding steroid dienone is 1. The van der Waals surface area contributed by atoms with Gasteiger partial charge < -0.3 is 9.80 Å². The Morgan fingerprint density at radius 3 is 2.31 bits per heavy atom. The van der Waals surface area contributed by atoms with Crippen molar-refractivity contribution in [1.82, 2.24) is 9.80 Å². The number of nitrogens with zero attached hydrogens (tertiary/aromatic N) is 2. The standard InChI is InChI=1S/C22H34BrClN2/c1-4-5-6-7-8-9-10-11-15-25-17-26(19(3)22(25)23)16-20-13-12-14-21(24)18(20)2/h12-14H,4-11,15-17H2,1-3H3. The normalized spacial score (nSPS) is 14.7. The maximum Gasteiger partial charge on any atom is 0.101 e. The SMILES string of the molecule is CCCCCCCCCCN1CN(Cc2cccc(Cl)c2C)C(C)=C1Br. The topological polar surface area (TPSA) is 6.48 Å². The lowest BCUT2D eigenvalue weighted by Gasteiger charge is -2.24. The predicted molar refractivity (Wildman–Crippen MR) is 118 cm³/mol. The molecule has 1 aromatic rings. The monoisotopic (exact) mass is 440 g/mol. The number of hydrogen-bond donors (Lipinski definition) is 0. The van der Waals surface area contributed by atoms with Crippen molar-refractivity contribution in [1.29, 1.82) is 0 Å². The molecule has 146 valence electrons. The summed E-state index contributed by atoms with van der Waals surface area (Å²) in [5, 5.41) is 0.859. The molecule has 2 nitrogen and oxygen atoms in total. The summed E-state index contributed by atoms with van der Waals surface area (Å²) >= 11 is 10.1. The largest absolute Gasteiger partial charge is 0.351 e. The Hall–Kier alpha value is -0.670. The van der Waals surface area contributed by atoms with E-state index in [2.05, 4.69) is 52.6 Å². The van der Waals surface area contributed by atoms with Crippen LogP contribution in [0.1, 0.15) is 76.3 Å². The molecule has 0 fully saturated rings. The maximum absolute atomic E-state index is 6.28. The lowest BCUT2D eigenvalue weighted by molar-refractivity contribution is 0.244. The van der Waals surface area contributed by atoms with E-state index in [4.69, 9.17) is 11.6 Å². The average molecular weight is 442 g/mol. The van der Waals surface area contributed by atoms with Gasteiger partial charge in [-0.1, -0.05) is 75.6 Å². The summed E-state index contributed by atoms with van der Waals surface area (Å²) in [6.07, 6.45) is 10.9. The smallest absolute Gasteiger partial charge is 0.101 e. The van der Waals surface area contributed by atoms with Crippen LogP contribution < -0.4 is 0 Å². The first-order valence-corrected chi connectivity index (χ1v) is 11.3. The highest BCUT2D eigenvalue weighted by Crippen LogP contribution is 2.31. The fraction of sp³-hybridized carbons (Fsp3) is 0.636. The van der Waals surface area contributed by atoms with Gasteiger partial charge in [0.2, 0.25) is 0 Å². The second kappa shape index (κ2) is 11.2. The van der Waals surface area contributed by atoms with Crippen LogP contribution in [0, 0.1) is 6.92 Å². The lowest BCUT2D eigenvalue weighted by Crippen LogP contribution is -2.27. The van der Waals surface area contributed by atoms with Crippen LogP contribution in [0.3, 0.4) is 0 Å². The lowest BCUT2D eigenvalue weighted by atomic mass is 10.1. The molecule has 1 aliphatic heterocycles. The van der Waals surface area contributed by atoms with E-state index >= 15 is 0 Å². The van der Waals surface area contributed by atoms with E-state index in [1.807, 2.05) is 12.1 Å². The second-order valence-corrected chi connectivity index (χ2v) is 8.64. The van der Waals surface area contributed by atoms with Gasteiger partial charge in [0.1, 0.15) is 4.61 Å². The fourth-order valence-corrected chi connectivity index (χ4v) is 4.27. The van der Waals surface area contributed by atoms with Gasteiger partial charge in [-0.05, 0) is 53.4 Å². The van der Waals surface area contributed by atoms with Crippen LogP contribution in [-0.2, 0) is 6.54 Å². The highest BCUT2D eigenvalue weighted by atomic mass is 79.9. The van der Waals surface area contributed by atoms with Gasteiger partial charge in [-0.2, -0.15) is 0 Å². The van der Waals surface area contributed by atoms with Crippen molar-refractivity contribution in [2.45, 2.75) is 78.7 Å².